The average molecular weight is 363 g/mol. The summed E-state index contributed by atoms with van der Waals surface area (Å²) >= 11 is 0. The molecule has 0 radical (unpaired) electrons. The van der Waals surface area contributed by atoms with Crippen molar-refractivity contribution >= 4 is 5.97 Å². The van der Waals surface area contributed by atoms with E-state index in [1.54, 1.807) is 37.3 Å². The van der Waals surface area contributed by atoms with Crippen LogP contribution in [0, 0.1) is 5.82 Å². The molecule has 26 heavy (non-hydrogen) atoms. The lowest BCUT2D eigenvalue weighted by Gasteiger charge is -2.33. The third kappa shape index (κ3) is 4.25. The number of aliphatic carboxylic acids is 1. The monoisotopic (exact) mass is 363 g/mol. The Morgan fingerprint density at radius 2 is 1.77 bits per heavy atom. The molecule has 2 rings (SSSR count). The third-order valence-electron chi connectivity index (χ3n) is 4.25. The van der Waals surface area contributed by atoms with Crippen molar-refractivity contribution in [1.29, 1.82) is 0 Å². The molecule has 7 heteroatoms. The highest BCUT2D eigenvalue weighted by molar-refractivity contribution is 5.80. The van der Waals surface area contributed by atoms with Crippen LogP contribution in [-0.4, -0.2) is 40.0 Å². The summed E-state index contributed by atoms with van der Waals surface area (Å²) in [6, 6.07) is 12.1. The maximum absolute atomic E-state index is 13.0. The van der Waals surface area contributed by atoms with E-state index in [4.69, 9.17) is 10.5 Å². The lowest BCUT2D eigenvalue weighted by Crippen LogP contribution is -2.56. The van der Waals surface area contributed by atoms with E-state index in [0.717, 1.165) is 0 Å². The molecular weight excluding hydrogens is 341 g/mol. The highest BCUT2D eigenvalue weighted by Crippen LogP contribution is 2.28. The number of carboxylic acids is 1. The number of aliphatic hydroxyl groups excluding tert-OH is 1. The molecule has 0 fully saturated rings. The summed E-state index contributed by atoms with van der Waals surface area (Å²) in [5.74, 6) is -1.99. The van der Waals surface area contributed by atoms with Gasteiger partial charge in [-0.15, -0.1) is 0 Å². The number of halogens is 1. The minimum atomic E-state index is -2.57. The summed E-state index contributed by atoms with van der Waals surface area (Å²) in [7, 11) is 0. The first-order valence-electron chi connectivity index (χ1n) is 8.08. The normalized spacial score (nSPS) is 17.1. The van der Waals surface area contributed by atoms with Gasteiger partial charge in [-0.25, -0.2) is 9.18 Å². The fourth-order valence-corrected chi connectivity index (χ4v) is 2.60. The summed E-state index contributed by atoms with van der Waals surface area (Å²) in [5.41, 5.74) is 4.02. The van der Waals surface area contributed by atoms with Gasteiger partial charge in [0.05, 0.1) is 18.8 Å². The summed E-state index contributed by atoms with van der Waals surface area (Å²) in [4.78, 5) is 11.6. The number of carboxylic acid groups (broad SMARTS) is 1. The zero-order valence-corrected chi connectivity index (χ0v) is 14.2. The van der Waals surface area contributed by atoms with Gasteiger partial charge >= 0.3 is 5.97 Å². The molecule has 4 atom stereocenters. The van der Waals surface area contributed by atoms with Gasteiger partial charge in [-0.1, -0.05) is 42.5 Å². The maximum atomic E-state index is 13.0. The molecule has 2 aromatic carbocycles. The predicted octanol–water partition coefficient (Wildman–Crippen LogP) is 1.56. The molecule has 0 saturated carbocycles. The Morgan fingerprint density at radius 3 is 2.31 bits per heavy atom. The van der Waals surface area contributed by atoms with Crippen molar-refractivity contribution in [2.45, 2.75) is 30.8 Å². The fourth-order valence-electron chi connectivity index (χ4n) is 2.60. The van der Waals surface area contributed by atoms with Crippen molar-refractivity contribution in [1.82, 2.24) is 0 Å². The van der Waals surface area contributed by atoms with E-state index < -0.39 is 29.8 Å². The molecule has 2 aromatic rings. The van der Waals surface area contributed by atoms with E-state index in [0.29, 0.717) is 5.56 Å². The Hall–Kier alpha value is -2.32. The second-order valence-corrected chi connectivity index (χ2v) is 6.07. The SMILES string of the molecule is C[C@H](OC[C@H](N)C(O)C(O)(C(=O)O)c1ccccc1)c1ccc(F)cc1. The quantitative estimate of drug-likeness (QED) is 0.566. The molecule has 0 heterocycles. The minimum Gasteiger partial charge on any atom is -0.479 e. The molecule has 0 aromatic heterocycles. The van der Waals surface area contributed by atoms with E-state index >= 15 is 0 Å². The van der Waals surface area contributed by atoms with Gasteiger partial charge in [0, 0.05) is 0 Å². The summed E-state index contributed by atoms with van der Waals surface area (Å²) < 4.78 is 18.5. The van der Waals surface area contributed by atoms with Crippen LogP contribution in [0.25, 0.3) is 0 Å². The van der Waals surface area contributed by atoms with Crippen LogP contribution in [-0.2, 0) is 15.1 Å². The molecule has 0 saturated heterocycles. The number of rotatable bonds is 8. The second kappa shape index (κ2) is 8.37. The van der Waals surface area contributed by atoms with Crippen molar-refractivity contribution in [3.8, 4) is 0 Å². The van der Waals surface area contributed by atoms with Crippen LogP contribution >= 0.6 is 0 Å². The summed E-state index contributed by atoms with van der Waals surface area (Å²) in [6.07, 6.45) is -2.26. The molecule has 6 nitrogen and oxygen atoms in total. The Balaban J connectivity index is 2.08. The molecule has 5 N–H and O–H groups in total. The van der Waals surface area contributed by atoms with E-state index in [1.165, 1.54) is 24.3 Å². The lowest BCUT2D eigenvalue weighted by molar-refractivity contribution is -0.177. The molecule has 0 spiro atoms. The van der Waals surface area contributed by atoms with Crippen molar-refractivity contribution in [2.24, 2.45) is 5.73 Å². The van der Waals surface area contributed by atoms with Crippen molar-refractivity contribution in [3.63, 3.8) is 0 Å². The average Bonchev–Trinajstić information content (AvgIpc) is 2.65. The van der Waals surface area contributed by atoms with Gasteiger partial charge in [0.2, 0.25) is 5.60 Å². The van der Waals surface area contributed by atoms with Gasteiger partial charge in [0.1, 0.15) is 11.9 Å². The topological polar surface area (TPSA) is 113 Å². The number of aliphatic hydroxyl groups is 2. The van der Waals surface area contributed by atoms with Crippen molar-refractivity contribution in [3.05, 3.63) is 71.5 Å². The number of ether oxygens (including phenoxy) is 1. The highest BCUT2D eigenvalue weighted by atomic mass is 19.1. The lowest BCUT2D eigenvalue weighted by atomic mass is 9.85. The van der Waals surface area contributed by atoms with E-state index in [9.17, 15) is 24.5 Å². The third-order valence-corrected chi connectivity index (χ3v) is 4.25. The molecule has 0 amide bonds. The van der Waals surface area contributed by atoms with Crippen molar-refractivity contribution in [2.75, 3.05) is 6.61 Å². The number of hydrogen-bond acceptors (Lipinski definition) is 5. The molecule has 0 aliphatic rings. The van der Waals surface area contributed by atoms with Gasteiger partial charge in [0.25, 0.3) is 0 Å². The van der Waals surface area contributed by atoms with Crippen LogP contribution in [0.15, 0.2) is 54.6 Å². The van der Waals surface area contributed by atoms with Gasteiger partial charge in [-0.2, -0.15) is 0 Å². The van der Waals surface area contributed by atoms with Gasteiger partial charge in [-0.3, -0.25) is 0 Å². The van der Waals surface area contributed by atoms with E-state index in [1.807, 2.05) is 0 Å². The van der Waals surface area contributed by atoms with Gasteiger partial charge in [-0.05, 0) is 30.2 Å². The fraction of sp³-hybridized carbons (Fsp3) is 0.316. The Morgan fingerprint density at radius 1 is 1.19 bits per heavy atom. The first kappa shape index (κ1) is 20.0. The largest absolute Gasteiger partial charge is 0.479 e. The van der Waals surface area contributed by atoms with Crippen LogP contribution in [0.3, 0.4) is 0 Å². The van der Waals surface area contributed by atoms with Crippen LogP contribution in [0.2, 0.25) is 0 Å². The molecule has 2 unspecified atom stereocenters. The number of carbonyl (C=O) groups is 1. The van der Waals surface area contributed by atoms with Gasteiger partial charge < -0.3 is 25.8 Å². The summed E-state index contributed by atoms with van der Waals surface area (Å²) in [5, 5.41) is 30.4. The van der Waals surface area contributed by atoms with Crippen LogP contribution in [0.5, 0.6) is 0 Å². The standard InChI is InChI=1S/C19H22FNO5/c1-12(13-7-9-15(20)10-8-13)26-11-16(21)17(22)19(25,18(23)24)14-5-3-2-4-6-14/h2-10,12,16-17,22,25H,11,21H2,1H3,(H,23,24)/t12-,16-,17?,19?/m0/s1. The number of hydrogen-bond donors (Lipinski definition) is 4. The zero-order valence-electron chi connectivity index (χ0n) is 14.2. The second-order valence-electron chi connectivity index (χ2n) is 6.07. The Bertz CT molecular complexity index is 724. The number of benzene rings is 2. The molecule has 0 aliphatic carbocycles. The maximum Gasteiger partial charge on any atom is 0.343 e. The smallest absolute Gasteiger partial charge is 0.343 e. The Kier molecular flexibility index (Phi) is 6.44. The van der Waals surface area contributed by atoms with Crippen LogP contribution < -0.4 is 5.73 Å². The summed E-state index contributed by atoms with van der Waals surface area (Å²) in [6.45, 7) is 1.51. The molecule has 0 aliphatic heterocycles. The van der Waals surface area contributed by atoms with E-state index in [-0.39, 0.29) is 18.0 Å². The number of nitrogens with two attached hydrogens (primary N) is 1. The Labute approximate surface area is 150 Å². The van der Waals surface area contributed by atoms with Crippen LogP contribution in [0.1, 0.15) is 24.2 Å². The zero-order chi connectivity index (χ0) is 19.3. The molecule has 0 bridgehead atoms. The predicted molar refractivity (Wildman–Crippen MR) is 92.7 cm³/mol. The minimum absolute atomic E-state index is 0.0158. The van der Waals surface area contributed by atoms with Crippen LogP contribution in [0.4, 0.5) is 4.39 Å². The van der Waals surface area contributed by atoms with Gasteiger partial charge in [0.15, 0.2) is 0 Å². The molecular formula is C19H22FNO5. The van der Waals surface area contributed by atoms with Crippen molar-refractivity contribution < 1.29 is 29.2 Å². The molecule has 140 valence electrons. The highest BCUT2D eigenvalue weighted by Gasteiger charge is 2.48. The first-order valence-corrected chi connectivity index (χ1v) is 8.08. The first-order chi connectivity index (χ1) is 12.3. The van der Waals surface area contributed by atoms with E-state index in [2.05, 4.69) is 0 Å².